The van der Waals surface area contributed by atoms with Crippen molar-refractivity contribution in [3.05, 3.63) is 47.5 Å². The van der Waals surface area contributed by atoms with E-state index in [0.717, 1.165) is 36.4 Å². The summed E-state index contributed by atoms with van der Waals surface area (Å²) >= 11 is 0. The molecule has 1 unspecified atom stereocenters. The molecule has 1 aromatic carbocycles. The number of hydrogen-bond donors (Lipinski definition) is 1. The van der Waals surface area contributed by atoms with Crippen molar-refractivity contribution in [2.45, 2.75) is 63.8 Å². The molecule has 1 aliphatic carbocycles. The lowest BCUT2D eigenvalue weighted by Crippen LogP contribution is -2.22. The molecule has 0 saturated heterocycles. The van der Waals surface area contributed by atoms with Gasteiger partial charge in [0.1, 0.15) is 12.5 Å². The minimum Gasteiger partial charge on any atom is -0.481 e. The van der Waals surface area contributed by atoms with Gasteiger partial charge in [-0.25, -0.2) is 13.4 Å². The number of hydrogen-bond acceptors (Lipinski definition) is 8. The molecule has 3 aromatic rings. The fourth-order valence-corrected chi connectivity index (χ4v) is 6.39. The molecule has 0 aliphatic heterocycles. The summed E-state index contributed by atoms with van der Waals surface area (Å²) in [5.41, 5.74) is 3.18. The smallest absolute Gasteiger partial charge is 0.323 e. The lowest BCUT2D eigenvalue weighted by molar-refractivity contribution is -0.140. The molecule has 0 spiro atoms. The van der Waals surface area contributed by atoms with E-state index >= 15 is 0 Å². The molecule has 1 aliphatic rings. The van der Waals surface area contributed by atoms with E-state index < -0.39 is 46.7 Å². The minimum absolute atomic E-state index is 0.106. The Hall–Kier alpha value is -3.16. The molecule has 210 valence electrons. The van der Waals surface area contributed by atoms with Gasteiger partial charge in [-0.05, 0) is 48.1 Å². The van der Waals surface area contributed by atoms with Crippen molar-refractivity contribution in [1.82, 2.24) is 19.7 Å². The number of halogens is 1. The molecule has 1 N–H and O–H groups in total. The summed E-state index contributed by atoms with van der Waals surface area (Å²) in [5, 5.41) is 12.8. The lowest BCUT2D eigenvalue weighted by Gasteiger charge is -2.17. The van der Waals surface area contributed by atoms with Crippen LogP contribution in [0.1, 0.15) is 24.5 Å². The van der Waals surface area contributed by atoms with Crippen molar-refractivity contribution in [1.29, 1.82) is 0 Å². The van der Waals surface area contributed by atoms with Crippen molar-refractivity contribution in [2.24, 2.45) is 5.92 Å². The molecule has 0 fully saturated rings. The molecule has 0 amide bonds. The number of sulfone groups is 1. The van der Waals surface area contributed by atoms with Crippen LogP contribution < -0.4 is 4.74 Å². The Bertz CT molecular complexity index is 1470. The number of aliphatic carboxylic acids is 1. The summed E-state index contributed by atoms with van der Waals surface area (Å²) in [6.45, 7) is 8.30. The van der Waals surface area contributed by atoms with Crippen LogP contribution in [0.5, 0.6) is 11.8 Å². The number of benzene rings is 1. The van der Waals surface area contributed by atoms with Crippen LogP contribution in [-0.4, -0.2) is 59.7 Å². The first-order chi connectivity index (χ1) is 18.3. The zero-order valence-corrected chi connectivity index (χ0v) is 24.3. The number of rotatable bonds is 12. The van der Waals surface area contributed by atoms with Crippen LogP contribution in [0.25, 0.3) is 11.1 Å². The van der Waals surface area contributed by atoms with Crippen molar-refractivity contribution in [3.8, 4) is 22.9 Å². The van der Waals surface area contributed by atoms with Crippen molar-refractivity contribution in [2.75, 3.05) is 12.4 Å². The first kappa shape index (κ1) is 28.8. The number of aromatic nitrogens is 4. The Morgan fingerprint density at radius 2 is 2.00 bits per heavy atom. The lowest BCUT2D eigenvalue weighted by atomic mass is 9.99. The van der Waals surface area contributed by atoms with E-state index in [9.17, 15) is 22.7 Å². The number of aryl methyl sites for hydroxylation is 1. The van der Waals surface area contributed by atoms with E-state index in [2.05, 4.69) is 34.7 Å². The second-order valence-electron chi connectivity index (χ2n) is 10.9. The minimum atomic E-state index is -4.14. The van der Waals surface area contributed by atoms with Crippen LogP contribution in [0, 0.1) is 11.9 Å². The predicted octanol–water partition coefficient (Wildman–Crippen LogP) is 4.57. The largest absolute Gasteiger partial charge is 0.481 e. The average molecular weight is 577 g/mol. The van der Waals surface area contributed by atoms with Crippen molar-refractivity contribution in [3.63, 3.8) is 0 Å². The van der Waals surface area contributed by atoms with Crippen molar-refractivity contribution >= 4 is 23.9 Å². The third-order valence-corrected chi connectivity index (χ3v) is 9.83. The van der Waals surface area contributed by atoms with E-state index in [1.54, 1.807) is 6.07 Å². The van der Waals surface area contributed by atoms with Crippen LogP contribution in [0.3, 0.4) is 0 Å². The van der Waals surface area contributed by atoms with Crippen LogP contribution in [0.2, 0.25) is 25.7 Å². The van der Waals surface area contributed by atoms with Gasteiger partial charge in [-0.3, -0.25) is 4.79 Å². The normalized spacial score (nSPS) is 14.3. The van der Waals surface area contributed by atoms with E-state index in [0.29, 0.717) is 23.5 Å². The topological polar surface area (TPSA) is 134 Å². The number of pyridine rings is 1. The average Bonchev–Trinajstić information content (AvgIpc) is 3.49. The van der Waals surface area contributed by atoms with E-state index in [4.69, 9.17) is 9.47 Å². The second-order valence-corrected chi connectivity index (χ2v) is 18.5. The molecule has 39 heavy (non-hydrogen) atoms. The molecule has 0 saturated carbocycles. The first-order valence-electron chi connectivity index (χ1n) is 12.8. The SMILES string of the molecule is CC(CS(=O)(=O)c1nc(Oc2c(-c3ccnc(F)c3)ccc3c2CCC3)n(COCC[Si](C)(C)C)n1)C(=O)O. The van der Waals surface area contributed by atoms with Gasteiger partial charge in [0.2, 0.25) is 15.8 Å². The highest BCUT2D eigenvalue weighted by Crippen LogP contribution is 2.41. The summed E-state index contributed by atoms with van der Waals surface area (Å²) in [7, 11) is -5.52. The summed E-state index contributed by atoms with van der Waals surface area (Å²) in [4.78, 5) is 19.1. The Kier molecular flexibility index (Phi) is 8.52. The van der Waals surface area contributed by atoms with Gasteiger partial charge in [0.25, 0.3) is 5.16 Å². The highest BCUT2D eigenvalue weighted by atomic mass is 32.2. The van der Waals surface area contributed by atoms with Gasteiger partial charge in [-0.2, -0.15) is 14.1 Å². The molecule has 2 aromatic heterocycles. The Morgan fingerprint density at radius 1 is 1.23 bits per heavy atom. The molecular formula is C26H33FN4O6SSi. The highest BCUT2D eigenvalue weighted by molar-refractivity contribution is 7.91. The van der Waals surface area contributed by atoms with Gasteiger partial charge in [-0.15, -0.1) is 5.10 Å². The molecule has 0 radical (unpaired) electrons. The third kappa shape index (κ3) is 7.08. The number of ether oxygens (including phenoxy) is 2. The fourth-order valence-electron chi connectivity index (χ4n) is 4.24. The summed E-state index contributed by atoms with van der Waals surface area (Å²) in [6, 6.07) is 7.57. The Morgan fingerprint density at radius 3 is 2.69 bits per heavy atom. The Balaban J connectivity index is 1.74. The monoisotopic (exact) mass is 576 g/mol. The summed E-state index contributed by atoms with van der Waals surface area (Å²) in [6.07, 6.45) is 3.87. The van der Waals surface area contributed by atoms with Gasteiger partial charge in [-0.1, -0.05) is 38.7 Å². The highest BCUT2D eigenvalue weighted by Gasteiger charge is 2.30. The van der Waals surface area contributed by atoms with Gasteiger partial charge >= 0.3 is 12.0 Å². The molecule has 2 heterocycles. The molecule has 10 nitrogen and oxygen atoms in total. The van der Waals surface area contributed by atoms with E-state index in [1.165, 1.54) is 23.9 Å². The van der Waals surface area contributed by atoms with Crippen LogP contribution in [0.4, 0.5) is 4.39 Å². The van der Waals surface area contributed by atoms with Gasteiger partial charge in [0.15, 0.2) is 0 Å². The molecule has 4 rings (SSSR count). The van der Waals surface area contributed by atoms with Gasteiger partial charge in [0, 0.05) is 32.5 Å². The molecule has 0 bridgehead atoms. The van der Waals surface area contributed by atoms with Crippen LogP contribution in [-0.2, 0) is 38.9 Å². The molecule has 13 heteroatoms. The maximum atomic E-state index is 14.0. The fraction of sp³-hybridized carbons (Fsp3) is 0.462. The predicted molar refractivity (Wildman–Crippen MR) is 145 cm³/mol. The van der Waals surface area contributed by atoms with Crippen LogP contribution >= 0.6 is 0 Å². The second kappa shape index (κ2) is 11.5. The first-order valence-corrected chi connectivity index (χ1v) is 18.1. The zero-order chi connectivity index (χ0) is 28.4. The number of carboxylic acids is 1. The van der Waals surface area contributed by atoms with Gasteiger partial charge < -0.3 is 14.6 Å². The number of carbonyl (C=O) groups is 1. The standard InChI is InChI=1S/C26H33FN4O6SSi/c1-17(24(32)33)15-38(34,35)25-29-26(31(30-25)16-36-12-13-39(2,3)4)37-23-20-7-5-6-18(20)8-9-21(23)19-10-11-28-22(27)14-19/h8-11,14,17H,5-7,12-13,15-16H2,1-4H3,(H,32,33). The van der Waals surface area contributed by atoms with Crippen molar-refractivity contribution < 1.29 is 32.2 Å². The summed E-state index contributed by atoms with van der Waals surface area (Å²) < 4.78 is 53.3. The zero-order valence-electron chi connectivity index (χ0n) is 22.5. The van der Waals surface area contributed by atoms with E-state index in [-0.39, 0.29) is 12.7 Å². The van der Waals surface area contributed by atoms with Crippen LogP contribution in [0.15, 0.2) is 35.6 Å². The maximum absolute atomic E-state index is 14.0. The molecule has 1 atom stereocenters. The maximum Gasteiger partial charge on any atom is 0.323 e. The summed E-state index contributed by atoms with van der Waals surface area (Å²) in [5.74, 6) is -3.25. The third-order valence-electron chi connectivity index (χ3n) is 6.46. The number of nitrogens with zero attached hydrogens (tertiary/aromatic N) is 4. The Labute approximate surface area is 228 Å². The van der Waals surface area contributed by atoms with E-state index in [1.807, 2.05) is 12.1 Å². The van der Waals surface area contributed by atoms with Gasteiger partial charge in [0.05, 0.1) is 11.7 Å². The quantitative estimate of drug-likeness (QED) is 0.187. The number of fused-ring (bicyclic) bond motifs is 1. The molecular weight excluding hydrogens is 543 g/mol. The number of carboxylic acid groups (broad SMARTS) is 1.